The fourth-order valence-corrected chi connectivity index (χ4v) is 15.6. The van der Waals surface area contributed by atoms with E-state index in [0.29, 0.717) is 0 Å². The average molecular weight is 725 g/mol. The summed E-state index contributed by atoms with van der Waals surface area (Å²) >= 11 is 0. The van der Waals surface area contributed by atoms with E-state index in [0.717, 1.165) is 0 Å². The van der Waals surface area contributed by atoms with Crippen LogP contribution in [0.1, 0.15) is 58.2 Å². The van der Waals surface area contributed by atoms with E-state index in [-0.39, 0.29) is 17.7 Å². The molecule has 3 aliphatic rings. The summed E-state index contributed by atoms with van der Waals surface area (Å²) < 4.78 is 2.74. The number of benzene rings is 7. The predicted octanol–water partition coefficient (Wildman–Crippen LogP) is 8.81. The number of hydrogen-bond acceptors (Lipinski definition) is 1. The van der Waals surface area contributed by atoms with Crippen molar-refractivity contribution in [3.8, 4) is 11.1 Å². The van der Waals surface area contributed by atoms with Crippen molar-refractivity contribution in [3.05, 3.63) is 162 Å². The van der Waals surface area contributed by atoms with Crippen molar-refractivity contribution in [1.29, 1.82) is 0 Å². The molecule has 0 spiro atoms. The lowest BCUT2D eigenvalue weighted by Gasteiger charge is -2.49. The van der Waals surface area contributed by atoms with E-state index >= 15 is 0 Å². The van der Waals surface area contributed by atoms with Gasteiger partial charge < -0.3 is 9.38 Å². The molecule has 8 aromatic rings. The summed E-state index contributed by atoms with van der Waals surface area (Å²) in [6.07, 6.45) is 0. The van der Waals surface area contributed by atoms with Gasteiger partial charge in [0.1, 0.15) is 0 Å². The Labute approximate surface area is 326 Å². The molecule has 266 valence electrons. The Kier molecular flexibility index (Phi) is 6.57. The van der Waals surface area contributed by atoms with E-state index in [1.165, 1.54) is 98.4 Å². The number of hydrogen-bond donors (Lipinski definition) is 0. The molecule has 0 aliphatic carbocycles. The average Bonchev–Trinajstić information content (AvgIpc) is 3.51. The predicted molar refractivity (Wildman–Crippen MR) is 239 cm³/mol. The number of rotatable bonds is 2. The summed E-state index contributed by atoms with van der Waals surface area (Å²) in [5, 5.41) is 8.48. The van der Waals surface area contributed by atoms with Crippen molar-refractivity contribution in [3.63, 3.8) is 0 Å². The van der Waals surface area contributed by atoms with Gasteiger partial charge in [-0.1, -0.05) is 151 Å². The third-order valence-electron chi connectivity index (χ3n) is 12.9. The van der Waals surface area contributed by atoms with Gasteiger partial charge in [-0.25, -0.2) is 0 Å². The summed E-state index contributed by atoms with van der Waals surface area (Å²) in [5.41, 5.74) is 16.3. The van der Waals surface area contributed by atoms with Gasteiger partial charge in [0.2, 0.25) is 0 Å². The monoisotopic (exact) mass is 724 g/mol. The van der Waals surface area contributed by atoms with Crippen molar-refractivity contribution in [2.45, 2.75) is 59.3 Å². The van der Waals surface area contributed by atoms with Crippen LogP contribution in [0.25, 0.3) is 32.9 Å². The Bertz CT molecular complexity index is 2870. The molecule has 0 N–H and O–H groups in total. The normalized spacial score (nSPS) is 14.9. The van der Waals surface area contributed by atoms with Crippen molar-refractivity contribution in [1.82, 2.24) is 4.48 Å². The topological polar surface area (TPSA) is 8.17 Å². The molecule has 0 saturated carbocycles. The standard InChI is InChI=1S/C51H45BN2Si/c1-32-27-38-40-31-34(51(5,6)7)30-39-37-29-33(50(2,3)4)25-26-42(37)54(48(39)40)52-41-21-16-24-46-49(41)53(44(28-32)47(38)52)43-22-14-15-23-45(43)55(46,35-17-10-8-11-18-35)36-19-12-9-13-20-36/h8-31H,1-7H3. The number of aryl methyl sites for hydroxylation is 1. The molecule has 0 atom stereocenters. The van der Waals surface area contributed by atoms with E-state index in [2.05, 4.69) is 203 Å². The second-order valence-corrected chi connectivity index (χ2v) is 22.0. The summed E-state index contributed by atoms with van der Waals surface area (Å²) in [5.74, 6) is 0. The largest absolute Gasteiger partial charge is 0.375 e. The fraction of sp³-hybridized carbons (Fsp3) is 0.176. The number of para-hydroxylation sites is 2. The maximum absolute atomic E-state index is 2.78. The first kappa shape index (κ1) is 32.8. The van der Waals surface area contributed by atoms with Crippen LogP contribution in [-0.2, 0) is 10.8 Å². The highest BCUT2D eigenvalue weighted by Gasteiger charge is 2.53. The number of fused-ring (bicyclic) bond motifs is 9. The molecule has 0 radical (unpaired) electrons. The van der Waals surface area contributed by atoms with E-state index in [4.69, 9.17) is 0 Å². The van der Waals surface area contributed by atoms with Crippen LogP contribution in [-0.4, -0.2) is 19.4 Å². The van der Waals surface area contributed by atoms with Crippen LogP contribution in [0, 0.1) is 6.92 Å². The summed E-state index contributed by atoms with van der Waals surface area (Å²) in [7, 11) is -2.78. The molecule has 0 saturated heterocycles. The maximum atomic E-state index is 2.74. The first-order valence-electron chi connectivity index (χ1n) is 19.9. The van der Waals surface area contributed by atoms with Gasteiger partial charge in [-0.15, -0.1) is 0 Å². The van der Waals surface area contributed by atoms with Gasteiger partial charge in [0.05, 0.1) is 0 Å². The van der Waals surface area contributed by atoms with Crippen molar-refractivity contribution in [2.24, 2.45) is 0 Å². The minimum atomic E-state index is -2.78. The minimum Gasteiger partial charge on any atom is -0.375 e. The minimum absolute atomic E-state index is 0.00235. The van der Waals surface area contributed by atoms with Crippen LogP contribution in [0.15, 0.2) is 146 Å². The van der Waals surface area contributed by atoms with Crippen LogP contribution in [0.5, 0.6) is 0 Å². The number of anilines is 3. The molecule has 55 heavy (non-hydrogen) atoms. The lowest BCUT2D eigenvalue weighted by Crippen LogP contribution is -2.78. The SMILES string of the molecule is Cc1cc2c3c(c1)N1c4ccccc4[Si](c4ccccc4)(c4ccccc4)c4cccc(c41)B3n1c3ccc(C(C)(C)C)cc3c3cc(C(C)(C)C)cc-2c31. The molecule has 0 amide bonds. The number of nitrogens with zero attached hydrogens (tertiary/aromatic N) is 2. The second-order valence-electron chi connectivity index (χ2n) is 18.2. The summed E-state index contributed by atoms with van der Waals surface area (Å²) in [4.78, 5) is 2.67. The van der Waals surface area contributed by atoms with Crippen molar-refractivity contribution < 1.29 is 0 Å². The maximum Gasteiger partial charge on any atom is 0.333 e. The molecule has 11 rings (SSSR count). The van der Waals surface area contributed by atoms with Crippen LogP contribution in [0.3, 0.4) is 0 Å². The van der Waals surface area contributed by atoms with Gasteiger partial charge in [-0.2, -0.15) is 0 Å². The first-order valence-corrected chi connectivity index (χ1v) is 21.9. The van der Waals surface area contributed by atoms with Crippen LogP contribution < -0.4 is 36.6 Å². The Balaban J connectivity index is 1.33. The van der Waals surface area contributed by atoms with Crippen LogP contribution >= 0.6 is 0 Å². The van der Waals surface area contributed by atoms with Gasteiger partial charge in [-0.05, 0) is 108 Å². The van der Waals surface area contributed by atoms with E-state index in [1.54, 1.807) is 0 Å². The molecule has 7 aromatic carbocycles. The summed E-state index contributed by atoms with van der Waals surface area (Å²) in [6.45, 7) is 16.4. The molecule has 0 unspecified atom stereocenters. The lowest BCUT2D eigenvalue weighted by molar-refractivity contribution is 0.590. The Morgan fingerprint density at radius 3 is 1.85 bits per heavy atom. The number of aromatic nitrogens is 1. The third-order valence-corrected chi connectivity index (χ3v) is 17.8. The third kappa shape index (κ3) is 4.26. The highest BCUT2D eigenvalue weighted by Crippen LogP contribution is 2.48. The van der Waals surface area contributed by atoms with Gasteiger partial charge in [0.25, 0.3) is 0 Å². The highest BCUT2D eigenvalue weighted by atomic mass is 28.3. The fourth-order valence-electron chi connectivity index (χ4n) is 10.5. The van der Waals surface area contributed by atoms with E-state index in [9.17, 15) is 0 Å². The van der Waals surface area contributed by atoms with E-state index < -0.39 is 8.07 Å². The molecular formula is C51H45BN2Si. The second kappa shape index (κ2) is 11.0. The molecular weight excluding hydrogens is 679 g/mol. The Hall–Kier alpha value is -5.58. The zero-order chi connectivity index (χ0) is 37.6. The van der Waals surface area contributed by atoms with Crippen molar-refractivity contribution >= 4 is 85.5 Å². The smallest absolute Gasteiger partial charge is 0.333 e. The first-order chi connectivity index (χ1) is 26.5. The van der Waals surface area contributed by atoms with Gasteiger partial charge in [0, 0.05) is 44.4 Å². The molecule has 0 fully saturated rings. The van der Waals surface area contributed by atoms with Crippen molar-refractivity contribution in [2.75, 3.05) is 4.90 Å². The van der Waals surface area contributed by atoms with Crippen LogP contribution in [0.2, 0.25) is 0 Å². The lowest BCUT2D eigenvalue weighted by atomic mass is 9.45. The molecule has 0 bridgehead atoms. The Morgan fingerprint density at radius 2 is 1.16 bits per heavy atom. The molecule has 3 aliphatic heterocycles. The molecule has 1 aromatic heterocycles. The van der Waals surface area contributed by atoms with Crippen LogP contribution in [0.4, 0.5) is 17.1 Å². The molecule has 4 heterocycles. The molecule has 4 heteroatoms. The zero-order valence-electron chi connectivity index (χ0n) is 32.8. The van der Waals surface area contributed by atoms with Gasteiger partial charge in [0.15, 0.2) is 8.07 Å². The highest BCUT2D eigenvalue weighted by molar-refractivity contribution is 7.21. The summed E-state index contributed by atoms with van der Waals surface area (Å²) in [6, 6.07) is 56.8. The zero-order valence-corrected chi connectivity index (χ0v) is 33.8. The van der Waals surface area contributed by atoms with E-state index in [1.807, 2.05) is 0 Å². The van der Waals surface area contributed by atoms with Gasteiger partial charge in [-0.3, -0.25) is 0 Å². The quantitative estimate of drug-likeness (QED) is 0.162. The Morgan fingerprint density at radius 1 is 0.527 bits per heavy atom. The molecule has 2 nitrogen and oxygen atoms in total. The van der Waals surface area contributed by atoms with Gasteiger partial charge >= 0.3 is 6.85 Å².